The normalized spacial score (nSPS) is 17.4. The molecule has 2 rings (SSSR count). The molecule has 1 aliphatic rings. The van der Waals surface area contributed by atoms with Crippen LogP contribution < -0.4 is 0 Å². The Hall–Kier alpha value is -1.54. The molecule has 4 heteroatoms. The van der Waals surface area contributed by atoms with E-state index in [1.807, 2.05) is 0 Å². The lowest BCUT2D eigenvalue weighted by Crippen LogP contribution is -2.33. The van der Waals surface area contributed by atoms with Crippen molar-refractivity contribution in [3.05, 3.63) is 34.9 Å². The van der Waals surface area contributed by atoms with Gasteiger partial charge in [0.05, 0.1) is 0 Å². The maximum absolute atomic E-state index is 13.6. The van der Waals surface area contributed by atoms with Crippen LogP contribution in [0.4, 0.5) is 8.78 Å². The number of isocyanates is 1. The van der Waals surface area contributed by atoms with Gasteiger partial charge in [-0.1, -0.05) is 0 Å². The third-order valence-corrected chi connectivity index (χ3v) is 3.19. The summed E-state index contributed by atoms with van der Waals surface area (Å²) in [4.78, 5) is 14.1. The van der Waals surface area contributed by atoms with E-state index in [1.54, 1.807) is 6.92 Å². The van der Waals surface area contributed by atoms with Crippen LogP contribution >= 0.6 is 0 Å². The van der Waals surface area contributed by atoms with Gasteiger partial charge in [-0.15, -0.1) is 0 Å². The van der Waals surface area contributed by atoms with Gasteiger partial charge in [-0.3, -0.25) is 0 Å². The summed E-state index contributed by atoms with van der Waals surface area (Å²) in [5.41, 5.74) is -0.130. The van der Waals surface area contributed by atoms with E-state index in [9.17, 15) is 13.6 Å². The van der Waals surface area contributed by atoms with E-state index in [0.717, 1.165) is 12.5 Å². The largest absolute Gasteiger partial charge is 0.235 e. The van der Waals surface area contributed by atoms with E-state index in [1.165, 1.54) is 12.1 Å². The third kappa shape index (κ3) is 1.55. The van der Waals surface area contributed by atoms with Crippen LogP contribution in [0.3, 0.4) is 0 Å². The van der Waals surface area contributed by atoms with Gasteiger partial charge in [-0.05, 0) is 37.8 Å². The van der Waals surface area contributed by atoms with Crippen molar-refractivity contribution < 1.29 is 13.6 Å². The predicted octanol–water partition coefficient (Wildman–Crippen LogP) is 2.99. The van der Waals surface area contributed by atoms with Crippen molar-refractivity contribution >= 4 is 6.08 Å². The second-order valence-corrected chi connectivity index (χ2v) is 4.17. The van der Waals surface area contributed by atoms with E-state index < -0.39 is 17.2 Å². The molecule has 0 radical (unpaired) electrons. The number of aryl methyl sites for hydroxylation is 1. The van der Waals surface area contributed by atoms with Crippen LogP contribution in [0.1, 0.15) is 30.4 Å². The molecule has 1 fully saturated rings. The smallest absolute Gasteiger partial charge is 0.211 e. The van der Waals surface area contributed by atoms with E-state index in [0.29, 0.717) is 24.0 Å². The Labute approximate surface area is 92.0 Å². The number of hydrogen-bond donors (Lipinski definition) is 0. The van der Waals surface area contributed by atoms with Crippen LogP contribution in [-0.4, -0.2) is 6.08 Å². The molecule has 0 bridgehead atoms. The lowest BCUT2D eigenvalue weighted by Gasteiger charge is -2.37. The average molecular weight is 223 g/mol. The summed E-state index contributed by atoms with van der Waals surface area (Å²) in [6.07, 6.45) is 3.61. The summed E-state index contributed by atoms with van der Waals surface area (Å²) in [5, 5.41) is 0. The molecule has 0 unspecified atom stereocenters. The maximum Gasteiger partial charge on any atom is 0.235 e. The highest BCUT2D eigenvalue weighted by Gasteiger charge is 2.41. The molecule has 1 aromatic carbocycles. The van der Waals surface area contributed by atoms with Crippen LogP contribution in [0.25, 0.3) is 0 Å². The Bertz CT molecular complexity index is 474. The summed E-state index contributed by atoms with van der Waals surface area (Å²) < 4.78 is 26.7. The molecule has 0 saturated heterocycles. The van der Waals surface area contributed by atoms with Gasteiger partial charge in [0, 0.05) is 11.6 Å². The van der Waals surface area contributed by atoms with Crippen LogP contribution in [0.2, 0.25) is 0 Å². The topological polar surface area (TPSA) is 29.4 Å². The van der Waals surface area contributed by atoms with Crippen molar-refractivity contribution in [3.8, 4) is 0 Å². The number of aliphatic imine (C=N–C) groups is 1. The molecule has 0 N–H and O–H groups in total. The second-order valence-electron chi connectivity index (χ2n) is 4.17. The van der Waals surface area contributed by atoms with Gasteiger partial charge < -0.3 is 0 Å². The quantitative estimate of drug-likeness (QED) is 0.559. The molecular formula is C12H11F2NO. The lowest BCUT2D eigenvalue weighted by molar-refractivity contribution is 0.247. The SMILES string of the molecule is Cc1cc(C2(N=C=O)CCC2)c(F)cc1F. The number of nitrogens with zero attached hydrogens (tertiary/aromatic N) is 1. The molecule has 0 aromatic heterocycles. The third-order valence-electron chi connectivity index (χ3n) is 3.19. The van der Waals surface area contributed by atoms with Gasteiger partial charge >= 0.3 is 0 Å². The maximum atomic E-state index is 13.6. The standard InChI is InChI=1S/C12H11F2NO/c1-8-5-9(11(14)6-10(8)13)12(15-7-16)3-2-4-12/h5-6H,2-4H2,1H3. The first-order chi connectivity index (χ1) is 7.59. The summed E-state index contributed by atoms with van der Waals surface area (Å²) in [7, 11) is 0. The molecule has 16 heavy (non-hydrogen) atoms. The van der Waals surface area contributed by atoms with Crippen molar-refractivity contribution in [2.75, 3.05) is 0 Å². The molecule has 0 atom stereocenters. The van der Waals surface area contributed by atoms with Gasteiger partial charge in [0.1, 0.15) is 17.2 Å². The average Bonchev–Trinajstić information content (AvgIpc) is 2.18. The van der Waals surface area contributed by atoms with Crippen molar-refractivity contribution in [2.24, 2.45) is 4.99 Å². The van der Waals surface area contributed by atoms with Crippen molar-refractivity contribution in [2.45, 2.75) is 31.7 Å². The summed E-state index contributed by atoms with van der Waals surface area (Å²) >= 11 is 0. The second kappa shape index (κ2) is 3.80. The zero-order valence-corrected chi connectivity index (χ0v) is 8.89. The fraction of sp³-hybridized carbons (Fsp3) is 0.417. The zero-order valence-electron chi connectivity index (χ0n) is 8.89. The number of rotatable bonds is 2. The molecule has 1 aliphatic carbocycles. The van der Waals surface area contributed by atoms with Gasteiger partial charge in [0.25, 0.3) is 0 Å². The van der Waals surface area contributed by atoms with Crippen LogP contribution in [0.15, 0.2) is 17.1 Å². The molecule has 0 aliphatic heterocycles. The number of carbonyl (C=O) groups excluding carboxylic acids is 1. The minimum Gasteiger partial charge on any atom is -0.211 e. The first-order valence-corrected chi connectivity index (χ1v) is 5.14. The highest BCUT2D eigenvalue weighted by Crippen LogP contribution is 2.45. The Morgan fingerprint density at radius 2 is 2.00 bits per heavy atom. The molecule has 1 saturated carbocycles. The van der Waals surface area contributed by atoms with Crippen LogP contribution in [0.5, 0.6) is 0 Å². The number of benzene rings is 1. The fourth-order valence-electron chi connectivity index (χ4n) is 2.05. The first-order valence-electron chi connectivity index (χ1n) is 5.14. The fourth-order valence-corrected chi connectivity index (χ4v) is 2.05. The first kappa shape index (κ1) is 11.0. The molecule has 0 spiro atoms. The zero-order chi connectivity index (χ0) is 11.8. The van der Waals surface area contributed by atoms with Crippen molar-refractivity contribution in [1.29, 1.82) is 0 Å². The van der Waals surface area contributed by atoms with Crippen molar-refractivity contribution in [3.63, 3.8) is 0 Å². The molecule has 2 nitrogen and oxygen atoms in total. The highest BCUT2D eigenvalue weighted by atomic mass is 19.1. The van der Waals surface area contributed by atoms with Gasteiger partial charge in [0.2, 0.25) is 6.08 Å². The van der Waals surface area contributed by atoms with E-state index >= 15 is 0 Å². The van der Waals surface area contributed by atoms with E-state index in [2.05, 4.69) is 4.99 Å². The van der Waals surface area contributed by atoms with Crippen LogP contribution in [0, 0.1) is 18.6 Å². The molecule has 84 valence electrons. The lowest BCUT2D eigenvalue weighted by atomic mass is 9.72. The van der Waals surface area contributed by atoms with Gasteiger partial charge in [0.15, 0.2) is 0 Å². The molecular weight excluding hydrogens is 212 g/mol. The minimum absolute atomic E-state index is 0.306. The Kier molecular flexibility index (Phi) is 2.60. The minimum atomic E-state index is -0.801. The van der Waals surface area contributed by atoms with E-state index in [-0.39, 0.29) is 0 Å². The summed E-state index contributed by atoms with van der Waals surface area (Å²) in [6.45, 7) is 1.56. The van der Waals surface area contributed by atoms with E-state index in [4.69, 9.17) is 0 Å². The monoisotopic (exact) mass is 223 g/mol. The predicted molar refractivity (Wildman–Crippen MR) is 54.7 cm³/mol. The molecule has 0 heterocycles. The number of hydrogen-bond acceptors (Lipinski definition) is 2. The summed E-state index contributed by atoms with van der Waals surface area (Å²) in [6, 6.07) is 2.29. The Balaban J connectivity index is 2.54. The van der Waals surface area contributed by atoms with Gasteiger partial charge in [-0.25, -0.2) is 13.6 Å². The molecule has 1 aromatic rings. The van der Waals surface area contributed by atoms with Crippen LogP contribution in [-0.2, 0) is 10.3 Å². The molecule has 0 amide bonds. The van der Waals surface area contributed by atoms with Crippen molar-refractivity contribution in [1.82, 2.24) is 0 Å². The number of halogens is 2. The summed E-state index contributed by atoms with van der Waals surface area (Å²) in [5.74, 6) is -1.22. The highest BCUT2D eigenvalue weighted by molar-refractivity contribution is 5.41. The van der Waals surface area contributed by atoms with Gasteiger partial charge in [-0.2, -0.15) is 4.99 Å². The Morgan fingerprint density at radius 1 is 1.31 bits per heavy atom. The Morgan fingerprint density at radius 3 is 2.50 bits per heavy atom.